The van der Waals surface area contributed by atoms with Gasteiger partial charge in [-0.1, -0.05) is 89.5 Å². The highest BCUT2D eigenvalue weighted by molar-refractivity contribution is 7.92. The van der Waals surface area contributed by atoms with Gasteiger partial charge in [0.25, 0.3) is 15.9 Å². The Bertz CT molecular complexity index is 1500. The molecule has 1 atom stereocenters. The Labute approximate surface area is 217 Å². The zero-order valence-electron chi connectivity index (χ0n) is 20.2. The molecule has 0 saturated heterocycles. The number of amides is 1. The standard InChI is InChI=1S/C29H27ClN2O3S/c1-19-9-12-23(13-10-19)28(22-7-5-4-6-8-22)31-29(33)24-14-15-25(30)27(18-24)36(34,35)32-26-16-11-20(2)17-21(26)3/h4-18,28,32H,1-3H3,(H,31,33)/t28-/m0/s1. The summed E-state index contributed by atoms with van der Waals surface area (Å²) >= 11 is 6.28. The number of hydrogen-bond donors (Lipinski definition) is 2. The molecule has 36 heavy (non-hydrogen) atoms. The molecule has 0 aliphatic heterocycles. The summed E-state index contributed by atoms with van der Waals surface area (Å²) in [7, 11) is -4.03. The summed E-state index contributed by atoms with van der Waals surface area (Å²) in [6, 6.07) is 26.8. The molecular weight excluding hydrogens is 492 g/mol. The lowest BCUT2D eigenvalue weighted by molar-refractivity contribution is 0.0942. The third kappa shape index (κ3) is 5.78. The number of benzene rings is 4. The highest BCUT2D eigenvalue weighted by Crippen LogP contribution is 2.28. The first-order valence-electron chi connectivity index (χ1n) is 11.5. The molecule has 5 nitrogen and oxygen atoms in total. The van der Waals surface area contributed by atoms with E-state index in [1.54, 1.807) is 6.07 Å². The van der Waals surface area contributed by atoms with Crippen molar-refractivity contribution < 1.29 is 13.2 Å². The van der Waals surface area contributed by atoms with Crippen LogP contribution in [-0.4, -0.2) is 14.3 Å². The second-order valence-electron chi connectivity index (χ2n) is 8.80. The zero-order chi connectivity index (χ0) is 25.9. The van der Waals surface area contributed by atoms with Crippen LogP contribution >= 0.6 is 11.6 Å². The molecule has 4 rings (SSSR count). The first kappa shape index (κ1) is 25.5. The summed E-state index contributed by atoms with van der Waals surface area (Å²) in [6.07, 6.45) is 0. The molecule has 1 amide bonds. The number of aryl methyl sites for hydroxylation is 3. The third-order valence-corrected chi connectivity index (χ3v) is 7.78. The topological polar surface area (TPSA) is 75.3 Å². The SMILES string of the molecule is Cc1ccc([C@@H](NC(=O)c2ccc(Cl)c(S(=O)(=O)Nc3ccc(C)cc3C)c2)c2ccccc2)cc1. The number of nitrogens with one attached hydrogen (secondary N) is 2. The molecule has 0 spiro atoms. The monoisotopic (exact) mass is 518 g/mol. The molecule has 0 heterocycles. The lowest BCUT2D eigenvalue weighted by atomic mass is 9.97. The minimum absolute atomic E-state index is 0.0296. The molecule has 7 heteroatoms. The van der Waals surface area contributed by atoms with E-state index < -0.39 is 22.0 Å². The van der Waals surface area contributed by atoms with Gasteiger partial charge in [-0.25, -0.2) is 8.42 Å². The van der Waals surface area contributed by atoms with E-state index >= 15 is 0 Å². The van der Waals surface area contributed by atoms with E-state index in [0.29, 0.717) is 5.69 Å². The van der Waals surface area contributed by atoms with E-state index in [1.807, 2.05) is 87.5 Å². The van der Waals surface area contributed by atoms with Gasteiger partial charge in [-0.3, -0.25) is 9.52 Å². The van der Waals surface area contributed by atoms with Crippen LogP contribution in [0.1, 0.15) is 44.2 Å². The second kappa shape index (κ2) is 10.6. The molecule has 0 fully saturated rings. The van der Waals surface area contributed by atoms with Crippen LogP contribution in [0.4, 0.5) is 5.69 Å². The van der Waals surface area contributed by atoms with Gasteiger partial charge in [-0.05, 0) is 61.7 Å². The van der Waals surface area contributed by atoms with Crippen LogP contribution in [0.2, 0.25) is 5.02 Å². The highest BCUT2D eigenvalue weighted by Gasteiger charge is 2.23. The Balaban J connectivity index is 1.65. The van der Waals surface area contributed by atoms with Gasteiger partial charge < -0.3 is 5.32 Å². The Morgan fingerprint density at radius 1 is 0.778 bits per heavy atom. The molecule has 0 bridgehead atoms. The molecular formula is C29H27ClN2O3S. The fourth-order valence-corrected chi connectivity index (χ4v) is 5.61. The van der Waals surface area contributed by atoms with Crippen molar-refractivity contribution in [3.05, 3.63) is 129 Å². The van der Waals surface area contributed by atoms with E-state index in [0.717, 1.165) is 27.8 Å². The molecule has 2 N–H and O–H groups in total. The minimum Gasteiger partial charge on any atom is -0.341 e. The number of anilines is 1. The highest BCUT2D eigenvalue weighted by atomic mass is 35.5. The summed E-state index contributed by atoms with van der Waals surface area (Å²) in [5.74, 6) is -0.413. The predicted molar refractivity (Wildman–Crippen MR) is 145 cm³/mol. The Morgan fingerprint density at radius 2 is 1.42 bits per heavy atom. The van der Waals surface area contributed by atoms with Gasteiger partial charge in [0.05, 0.1) is 16.8 Å². The van der Waals surface area contributed by atoms with Gasteiger partial charge in [-0.15, -0.1) is 0 Å². The average molecular weight is 519 g/mol. The maximum Gasteiger partial charge on any atom is 0.263 e. The number of rotatable bonds is 7. The fourth-order valence-electron chi connectivity index (χ4n) is 3.96. The van der Waals surface area contributed by atoms with E-state index in [1.165, 1.54) is 18.2 Å². The molecule has 0 aliphatic carbocycles. The lowest BCUT2D eigenvalue weighted by Gasteiger charge is -2.20. The molecule has 0 unspecified atom stereocenters. The minimum atomic E-state index is -4.03. The number of carbonyl (C=O) groups is 1. The van der Waals surface area contributed by atoms with Crippen LogP contribution < -0.4 is 10.0 Å². The van der Waals surface area contributed by atoms with Crippen LogP contribution in [0.3, 0.4) is 0 Å². The van der Waals surface area contributed by atoms with Gasteiger partial charge in [0, 0.05) is 5.56 Å². The van der Waals surface area contributed by atoms with E-state index in [9.17, 15) is 13.2 Å². The molecule has 0 aliphatic rings. The number of sulfonamides is 1. The van der Waals surface area contributed by atoms with Crippen LogP contribution in [0, 0.1) is 20.8 Å². The van der Waals surface area contributed by atoms with Crippen LogP contribution in [0.5, 0.6) is 0 Å². The number of halogens is 1. The van der Waals surface area contributed by atoms with E-state index in [-0.39, 0.29) is 15.5 Å². The summed E-state index contributed by atoms with van der Waals surface area (Å²) in [6.45, 7) is 5.76. The maximum absolute atomic E-state index is 13.3. The molecule has 184 valence electrons. The molecule has 0 aromatic heterocycles. The Kier molecular flexibility index (Phi) is 7.48. The van der Waals surface area contributed by atoms with Crippen LogP contribution in [-0.2, 0) is 10.0 Å². The molecule has 0 saturated carbocycles. The van der Waals surface area contributed by atoms with Crippen molar-refractivity contribution in [2.75, 3.05) is 4.72 Å². The summed E-state index contributed by atoms with van der Waals surface area (Å²) in [4.78, 5) is 13.2. The van der Waals surface area contributed by atoms with Crippen LogP contribution in [0.25, 0.3) is 0 Å². The Morgan fingerprint density at radius 3 is 2.08 bits per heavy atom. The average Bonchev–Trinajstić information content (AvgIpc) is 2.85. The van der Waals surface area contributed by atoms with Gasteiger partial charge in [-0.2, -0.15) is 0 Å². The zero-order valence-corrected chi connectivity index (χ0v) is 21.8. The number of carbonyl (C=O) groups excluding carboxylic acids is 1. The summed E-state index contributed by atoms with van der Waals surface area (Å²) in [5.41, 5.74) is 5.39. The predicted octanol–water partition coefficient (Wildman–Crippen LogP) is 6.59. The van der Waals surface area contributed by atoms with Gasteiger partial charge in [0.2, 0.25) is 0 Å². The van der Waals surface area contributed by atoms with Crippen molar-refractivity contribution in [1.82, 2.24) is 5.32 Å². The Hall–Kier alpha value is -3.61. The van der Waals surface area contributed by atoms with Crippen molar-refractivity contribution in [2.45, 2.75) is 31.7 Å². The molecule has 4 aromatic carbocycles. The second-order valence-corrected chi connectivity index (χ2v) is 10.9. The smallest absolute Gasteiger partial charge is 0.263 e. The number of hydrogen-bond acceptors (Lipinski definition) is 3. The lowest BCUT2D eigenvalue weighted by Crippen LogP contribution is -2.29. The largest absolute Gasteiger partial charge is 0.341 e. The van der Waals surface area contributed by atoms with Crippen molar-refractivity contribution in [3.63, 3.8) is 0 Å². The van der Waals surface area contributed by atoms with Crippen molar-refractivity contribution in [1.29, 1.82) is 0 Å². The molecule has 4 aromatic rings. The van der Waals surface area contributed by atoms with Gasteiger partial charge >= 0.3 is 0 Å². The summed E-state index contributed by atoms with van der Waals surface area (Å²) in [5, 5.41) is 3.08. The summed E-state index contributed by atoms with van der Waals surface area (Å²) < 4.78 is 29.0. The molecule has 0 radical (unpaired) electrons. The first-order chi connectivity index (χ1) is 17.1. The van der Waals surface area contributed by atoms with Crippen molar-refractivity contribution >= 4 is 33.2 Å². The first-order valence-corrected chi connectivity index (χ1v) is 13.3. The fraction of sp³-hybridized carbons (Fsp3) is 0.138. The van der Waals surface area contributed by atoms with E-state index in [2.05, 4.69) is 10.0 Å². The van der Waals surface area contributed by atoms with Gasteiger partial charge in [0.1, 0.15) is 4.90 Å². The normalized spacial score (nSPS) is 12.1. The third-order valence-electron chi connectivity index (χ3n) is 5.93. The van der Waals surface area contributed by atoms with Crippen molar-refractivity contribution in [2.24, 2.45) is 0 Å². The van der Waals surface area contributed by atoms with Gasteiger partial charge in [0.15, 0.2) is 0 Å². The van der Waals surface area contributed by atoms with Crippen LogP contribution in [0.15, 0.2) is 95.9 Å². The van der Waals surface area contributed by atoms with Crippen molar-refractivity contribution in [3.8, 4) is 0 Å². The maximum atomic E-state index is 13.3. The van der Waals surface area contributed by atoms with E-state index in [4.69, 9.17) is 11.6 Å². The quantitative estimate of drug-likeness (QED) is 0.290.